The topological polar surface area (TPSA) is 55.6 Å². The highest BCUT2D eigenvalue weighted by Gasteiger charge is 2.17. The Balaban J connectivity index is 2.51. The van der Waals surface area contributed by atoms with E-state index in [1.165, 1.54) is 19.2 Å². The van der Waals surface area contributed by atoms with Gasteiger partial charge in [0.15, 0.2) is 0 Å². The number of methoxy groups -OCH3 is 1. The summed E-state index contributed by atoms with van der Waals surface area (Å²) >= 11 is 0. The van der Waals surface area contributed by atoms with Gasteiger partial charge >= 0.3 is 5.97 Å². The molecule has 0 heterocycles. The van der Waals surface area contributed by atoms with Crippen molar-refractivity contribution in [1.29, 1.82) is 0 Å². The van der Waals surface area contributed by atoms with Crippen molar-refractivity contribution in [1.82, 2.24) is 0 Å². The molecule has 0 aliphatic carbocycles. The van der Waals surface area contributed by atoms with Crippen LogP contribution < -0.4 is 10.6 Å². The molecule has 0 atom stereocenters. The summed E-state index contributed by atoms with van der Waals surface area (Å²) in [7, 11) is 1.30. The highest BCUT2D eigenvalue weighted by atomic mass is 19.1. The molecule has 21 heavy (non-hydrogen) atoms. The maximum Gasteiger partial charge on any atom is 0.340 e. The number of ether oxygens (including phenoxy) is 1. The molecule has 0 bridgehead atoms. The Labute approximate surface area is 122 Å². The normalized spacial score (nSPS) is 10.2. The van der Waals surface area contributed by atoms with E-state index < -0.39 is 5.97 Å². The number of nitrogen functional groups attached to an aromatic ring is 1. The van der Waals surface area contributed by atoms with Crippen LogP contribution in [0.25, 0.3) is 0 Å². The third-order valence-corrected chi connectivity index (χ3v) is 3.22. The van der Waals surface area contributed by atoms with Crippen molar-refractivity contribution >= 4 is 23.0 Å². The predicted octanol–water partition coefficient (Wildman–Crippen LogP) is 3.35. The number of hydrogen-bond acceptors (Lipinski definition) is 4. The van der Waals surface area contributed by atoms with E-state index in [0.717, 1.165) is 0 Å². The van der Waals surface area contributed by atoms with Crippen LogP contribution >= 0.6 is 0 Å². The minimum Gasteiger partial charge on any atom is -0.465 e. The maximum atomic E-state index is 13.4. The van der Waals surface area contributed by atoms with E-state index >= 15 is 0 Å². The number of nitrogens with zero attached hydrogens (tertiary/aromatic N) is 1. The summed E-state index contributed by atoms with van der Waals surface area (Å²) in [4.78, 5) is 13.5. The zero-order valence-electron chi connectivity index (χ0n) is 12.0. The quantitative estimate of drug-likeness (QED) is 0.692. The van der Waals surface area contributed by atoms with Gasteiger partial charge in [-0.1, -0.05) is 12.1 Å². The van der Waals surface area contributed by atoms with Crippen molar-refractivity contribution in [3.8, 4) is 0 Å². The molecule has 0 spiro atoms. The fraction of sp³-hybridized carbons (Fsp3) is 0.188. The van der Waals surface area contributed by atoms with E-state index in [-0.39, 0.29) is 5.82 Å². The molecule has 110 valence electrons. The molecule has 2 rings (SSSR count). The van der Waals surface area contributed by atoms with E-state index in [9.17, 15) is 9.18 Å². The number of rotatable bonds is 4. The van der Waals surface area contributed by atoms with Gasteiger partial charge in [0.1, 0.15) is 5.82 Å². The molecule has 0 unspecified atom stereocenters. The van der Waals surface area contributed by atoms with Crippen LogP contribution in [0.4, 0.5) is 21.5 Å². The van der Waals surface area contributed by atoms with E-state index in [1.807, 2.05) is 11.8 Å². The molecule has 0 aromatic heterocycles. The van der Waals surface area contributed by atoms with Crippen LogP contribution in [0.1, 0.15) is 17.3 Å². The van der Waals surface area contributed by atoms with Gasteiger partial charge in [-0.05, 0) is 37.3 Å². The first-order chi connectivity index (χ1) is 10.1. The molecular weight excluding hydrogens is 271 g/mol. The first-order valence-corrected chi connectivity index (χ1v) is 6.58. The van der Waals surface area contributed by atoms with Crippen molar-refractivity contribution in [2.45, 2.75) is 6.92 Å². The molecule has 0 radical (unpaired) electrons. The molecule has 2 aromatic carbocycles. The van der Waals surface area contributed by atoms with Crippen LogP contribution in [0.15, 0.2) is 42.5 Å². The molecule has 2 N–H and O–H groups in total. The van der Waals surface area contributed by atoms with Gasteiger partial charge < -0.3 is 15.4 Å². The molecular formula is C16H17FN2O2. The molecule has 0 saturated heterocycles. The van der Waals surface area contributed by atoms with Gasteiger partial charge in [0, 0.05) is 12.2 Å². The van der Waals surface area contributed by atoms with Gasteiger partial charge in [-0.15, -0.1) is 0 Å². The third kappa shape index (κ3) is 2.97. The number of hydrogen-bond donors (Lipinski definition) is 1. The minimum atomic E-state index is -0.496. The summed E-state index contributed by atoms with van der Waals surface area (Å²) in [6, 6.07) is 11.3. The summed E-state index contributed by atoms with van der Waals surface area (Å²) < 4.78 is 18.1. The number of carbonyl (C=O) groups is 1. The highest BCUT2D eigenvalue weighted by Crippen LogP contribution is 2.32. The third-order valence-electron chi connectivity index (χ3n) is 3.22. The zero-order valence-corrected chi connectivity index (χ0v) is 12.0. The molecule has 0 aliphatic heterocycles. The van der Waals surface area contributed by atoms with Gasteiger partial charge in [0.25, 0.3) is 0 Å². The SMILES string of the molecule is CCN(c1cccc(F)c1)c1cccc(C(=O)OC)c1N. The number of para-hydroxylation sites is 1. The second-order valence-electron chi connectivity index (χ2n) is 4.45. The molecule has 5 heteroatoms. The number of anilines is 3. The molecule has 0 amide bonds. The van der Waals surface area contributed by atoms with E-state index in [4.69, 9.17) is 10.5 Å². The van der Waals surface area contributed by atoms with Gasteiger partial charge in [-0.3, -0.25) is 0 Å². The molecule has 0 saturated carbocycles. The summed E-state index contributed by atoms with van der Waals surface area (Å²) in [5, 5.41) is 0. The standard InChI is InChI=1S/C16H17FN2O2/c1-3-19(12-7-4-6-11(17)10-12)14-9-5-8-13(15(14)18)16(20)21-2/h4-10H,3,18H2,1-2H3. The molecule has 0 fully saturated rings. The first-order valence-electron chi connectivity index (χ1n) is 6.58. The van der Waals surface area contributed by atoms with E-state index in [0.29, 0.717) is 29.2 Å². The summed E-state index contributed by atoms with van der Waals surface area (Å²) in [6.07, 6.45) is 0. The summed E-state index contributed by atoms with van der Waals surface area (Å²) in [5.74, 6) is -0.821. The van der Waals surface area contributed by atoms with Crippen LogP contribution in [0.2, 0.25) is 0 Å². The first kappa shape index (κ1) is 14.8. The van der Waals surface area contributed by atoms with Crippen molar-refractivity contribution in [2.24, 2.45) is 0 Å². The van der Waals surface area contributed by atoms with Crippen LogP contribution in [-0.2, 0) is 4.74 Å². The maximum absolute atomic E-state index is 13.4. The Morgan fingerprint density at radius 2 is 2.00 bits per heavy atom. The van der Waals surface area contributed by atoms with Crippen molar-refractivity contribution < 1.29 is 13.9 Å². The van der Waals surface area contributed by atoms with Crippen LogP contribution in [-0.4, -0.2) is 19.6 Å². The summed E-state index contributed by atoms with van der Waals surface area (Å²) in [6.45, 7) is 2.51. The largest absolute Gasteiger partial charge is 0.465 e. The van der Waals surface area contributed by atoms with Gasteiger partial charge in [0.2, 0.25) is 0 Å². The average Bonchev–Trinajstić information content (AvgIpc) is 2.49. The Morgan fingerprint density at radius 1 is 1.29 bits per heavy atom. The van der Waals surface area contributed by atoms with Crippen LogP contribution in [0.3, 0.4) is 0 Å². The van der Waals surface area contributed by atoms with Gasteiger partial charge in [-0.2, -0.15) is 0 Å². The Hall–Kier alpha value is -2.56. The highest BCUT2D eigenvalue weighted by molar-refractivity contribution is 5.99. The van der Waals surface area contributed by atoms with Gasteiger partial charge in [-0.25, -0.2) is 9.18 Å². The van der Waals surface area contributed by atoms with Gasteiger partial charge in [0.05, 0.1) is 24.0 Å². The second-order valence-corrected chi connectivity index (χ2v) is 4.45. The van der Waals surface area contributed by atoms with E-state index in [2.05, 4.69) is 0 Å². The smallest absolute Gasteiger partial charge is 0.340 e. The van der Waals surface area contributed by atoms with Crippen molar-refractivity contribution in [3.63, 3.8) is 0 Å². The van der Waals surface area contributed by atoms with Crippen LogP contribution in [0, 0.1) is 5.82 Å². The number of benzene rings is 2. The van der Waals surface area contributed by atoms with Crippen molar-refractivity contribution in [3.05, 3.63) is 53.8 Å². The average molecular weight is 288 g/mol. The lowest BCUT2D eigenvalue weighted by Crippen LogP contribution is -2.19. The lowest BCUT2D eigenvalue weighted by atomic mass is 10.1. The summed E-state index contributed by atoms with van der Waals surface area (Å²) in [5.41, 5.74) is 8.00. The Kier molecular flexibility index (Phi) is 4.42. The lowest BCUT2D eigenvalue weighted by molar-refractivity contribution is 0.0602. The molecule has 2 aromatic rings. The van der Waals surface area contributed by atoms with Crippen LogP contribution in [0.5, 0.6) is 0 Å². The molecule has 0 aliphatic rings. The fourth-order valence-electron chi connectivity index (χ4n) is 2.21. The minimum absolute atomic E-state index is 0.296. The second kappa shape index (κ2) is 6.26. The van der Waals surface area contributed by atoms with E-state index in [1.54, 1.807) is 30.3 Å². The number of esters is 1. The monoisotopic (exact) mass is 288 g/mol. The fourth-order valence-corrected chi connectivity index (χ4v) is 2.21. The lowest BCUT2D eigenvalue weighted by Gasteiger charge is -2.25. The zero-order chi connectivity index (χ0) is 15.4. The Morgan fingerprint density at radius 3 is 2.62 bits per heavy atom. The molecule has 4 nitrogen and oxygen atoms in total. The van der Waals surface area contributed by atoms with Crippen molar-refractivity contribution in [2.75, 3.05) is 24.3 Å². The Bertz CT molecular complexity index is 658. The number of halogens is 1. The predicted molar refractivity (Wildman–Crippen MR) is 81.3 cm³/mol. The number of carbonyl (C=O) groups excluding carboxylic acids is 1. The number of nitrogens with two attached hydrogens (primary N) is 1.